The molecule has 0 spiro atoms. The molecule has 1 N–H and O–H groups in total. The fourth-order valence-electron chi connectivity index (χ4n) is 1.91. The largest absolute Gasteiger partial charge is 0.315 e. The Labute approximate surface area is 112 Å². The van der Waals surface area contributed by atoms with E-state index >= 15 is 0 Å². The van der Waals surface area contributed by atoms with E-state index < -0.39 is 0 Å². The average molecular weight is 261 g/mol. The van der Waals surface area contributed by atoms with Gasteiger partial charge in [-0.1, -0.05) is 19.9 Å². The Hall–Kier alpha value is -1.26. The molecule has 2 aromatic rings. The van der Waals surface area contributed by atoms with Gasteiger partial charge in [-0.15, -0.1) is 11.3 Å². The summed E-state index contributed by atoms with van der Waals surface area (Å²) >= 11 is 1.81. The molecule has 0 fully saturated rings. The van der Waals surface area contributed by atoms with Crippen LogP contribution in [0.25, 0.3) is 0 Å². The number of thiazole rings is 1. The van der Waals surface area contributed by atoms with Crippen LogP contribution >= 0.6 is 11.3 Å². The van der Waals surface area contributed by atoms with E-state index in [9.17, 15) is 0 Å². The summed E-state index contributed by atoms with van der Waals surface area (Å²) in [6, 6.07) is 4.07. The molecule has 0 atom stereocenters. The first kappa shape index (κ1) is 13.2. The minimum atomic E-state index is 0.479. The summed E-state index contributed by atoms with van der Waals surface area (Å²) in [7, 11) is 1.98. The second-order valence-electron chi connectivity index (χ2n) is 4.64. The lowest BCUT2D eigenvalue weighted by atomic mass is 10.1. The van der Waals surface area contributed by atoms with E-state index in [1.807, 2.05) is 19.3 Å². The number of hydrogen-bond donors (Lipinski definition) is 1. The minimum absolute atomic E-state index is 0.479. The van der Waals surface area contributed by atoms with Gasteiger partial charge in [-0.05, 0) is 24.6 Å². The van der Waals surface area contributed by atoms with Gasteiger partial charge >= 0.3 is 0 Å². The van der Waals surface area contributed by atoms with E-state index in [-0.39, 0.29) is 0 Å². The fraction of sp³-hybridized carbons (Fsp3) is 0.429. The van der Waals surface area contributed by atoms with Crippen LogP contribution < -0.4 is 5.32 Å². The first-order valence-electron chi connectivity index (χ1n) is 6.22. The smallest absolute Gasteiger partial charge is 0.0976 e. The van der Waals surface area contributed by atoms with E-state index in [0.717, 1.165) is 13.0 Å². The molecule has 0 amide bonds. The Bertz CT molecular complexity index is 491. The molecule has 96 valence electrons. The third-order valence-corrected chi connectivity index (χ3v) is 3.81. The molecule has 18 heavy (non-hydrogen) atoms. The molecule has 0 radical (unpaired) electrons. The Morgan fingerprint density at radius 3 is 2.83 bits per heavy atom. The Morgan fingerprint density at radius 2 is 2.22 bits per heavy atom. The highest BCUT2D eigenvalue weighted by Gasteiger charge is 2.13. The van der Waals surface area contributed by atoms with Gasteiger partial charge in [0, 0.05) is 30.2 Å². The third-order valence-electron chi connectivity index (χ3n) is 2.73. The van der Waals surface area contributed by atoms with Gasteiger partial charge in [0.25, 0.3) is 0 Å². The van der Waals surface area contributed by atoms with E-state index in [0.29, 0.717) is 5.92 Å². The molecule has 0 aliphatic heterocycles. The number of pyridine rings is 1. The maximum absolute atomic E-state index is 4.77. The molecule has 2 heterocycles. The number of nitrogens with zero attached hydrogens (tertiary/aromatic N) is 2. The molecule has 0 aromatic carbocycles. The van der Waals surface area contributed by atoms with Crippen LogP contribution in [0, 0.1) is 0 Å². The van der Waals surface area contributed by atoms with Crippen LogP contribution in [-0.2, 0) is 13.0 Å². The van der Waals surface area contributed by atoms with Crippen LogP contribution in [0.15, 0.2) is 24.5 Å². The highest BCUT2D eigenvalue weighted by Crippen LogP contribution is 2.26. The van der Waals surface area contributed by atoms with Crippen molar-refractivity contribution in [2.45, 2.75) is 32.7 Å². The molecular weight excluding hydrogens is 242 g/mol. The van der Waals surface area contributed by atoms with Crippen molar-refractivity contribution < 1.29 is 0 Å². The molecule has 2 rings (SSSR count). The molecule has 0 unspecified atom stereocenters. The lowest BCUT2D eigenvalue weighted by Gasteiger charge is -2.03. The van der Waals surface area contributed by atoms with Crippen LogP contribution in [-0.4, -0.2) is 17.0 Å². The number of rotatable bonds is 5. The summed E-state index contributed by atoms with van der Waals surface area (Å²) in [4.78, 5) is 10.3. The fourth-order valence-corrected chi connectivity index (χ4v) is 3.17. The summed E-state index contributed by atoms with van der Waals surface area (Å²) in [6.45, 7) is 5.29. The zero-order chi connectivity index (χ0) is 13.0. The van der Waals surface area contributed by atoms with Crippen molar-refractivity contribution >= 4 is 11.3 Å². The second-order valence-corrected chi connectivity index (χ2v) is 5.81. The predicted octanol–water partition coefficient (Wildman–Crippen LogP) is 2.97. The van der Waals surface area contributed by atoms with Crippen LogP contribution in [0.2, 0.25) is 0 Å². The number of nitrogens with one attached hydrogen (secondary N) is 1. The van der Waals surface area contributed by atoms with Crippen LogP contribution in [0.1, 0.15) is 40.9 Å². The van der Waals surface area contributed by atoms with Crippen molar-refractivity contribution in [2.75, 3.05) is 7.05 Å². The highest BCUT2D eigenvalue weighted by molar-refractivity contribution is 7.11. The van der Waals surface area contributed by atoms with Gasteiger partial charge < -0.3 is 5.32 Å². The molecule has 0 saturated heterocycles. The van der Waals surface area contributed by atoms with E-state index in [1.54, 1.807) is 17.5 Å². The van der Waals surface area contributed by atoms with E-state index in [4.69, 9.17) is 4.98 Å². The van der Waals surface area contributed by atoms with E-state index in [2.05, 4.69) is 30.2 Å². The molecule has 3 nitrogen and oxygen atoms in total. The van der Waals surface area contributed by atoms with Crippen molar-refractivity contribution in [1.29, 1.82) is 0 Å². The lowest BCUT2D eigenvalue weighted by Crippen LogP contribution is -2.06. The van der Waals surface area contributed by atoms with Gasteiger partial charge in [-0.3, -0.25) is 4.98 Å². The number of hydrogen-bond acceptors (Lipinski definition) is 4. The summed E-state index contributed by atoms with van der Waals surface area (Å²) in [6.07, 6.45) is 4.59. The maximum atomic E-state index is 4.77. The lowest BCUT2D eigenvalue weighted by molar-refractivity contribution is 0.768. The molecular formula is C14H19N3S. The average Bonchev–Trinajstić information content (AvgIpc) is 2.74. The molecule has 0 bridgehead atoms. The van der Waals surface area contributed by atoms with Gasteiger partial charge in [-0.25, -0.2) is 4.98 Å². The molecule has 0 aliphatic carbocycles. The molecule has 0 saturated carbocycles. The Kier molecular flexibility index (Phi) is 4.44. The zero-order valence-corrected chi connectivity index (χ0v) is 11.9. The topological polar surface area (TPSA) is 37.8 Å². The molecule has 4 heteroatoms. The highest BCUT2D eigenvalue weighted by atomic mass is 32.1. The second kappa shape index (κ2) is 6.07. The standard InChI is InChI=1S/C14H19N3S/c1-10(2)14-12(9-15-3)18-13(17-14)7-11-5-4-6-16-8-11/h4-6,8,10,15H,7,9H2,1-3H3. The Balaban J connectivity index is 2.21. The van der Waals surface area contributed by atoms with E-state index in [1.165, 1.54) is 21.1 Å². The van der Waals surface area contributed by atoms with Gasteiger partial charge in [-0.2, -0.15) is 0 Å². The maximum Gasteiger partial charge on any atom is 0.0976 e. The molecule has 2 aromatic heterocycles. The van der Waals surface area contributed by atoms with Crippen molar-refractivity contribution in [3.05, 3.63) is 45.7 Å². The normalized spacial score (nSPS) is 11.1. The monoisotopic (exact) mass is 261 g/mol. The first-order valence-corrected chi connectivity index (χ1v) is 7.04. The third kappa shape index (κ3) is 3.15. The molecule has 0 aliphatic rings. The van der Waals surface area contributed by atoms with Crippen LogP contribution in [0.3, 0.4) is 0 Å². The summed E-state index contributed by atoms with van der Waals surface area (Å²) in [5.41, 5.74) is 2.45. The quantitative estimate of drug-likeness (QED) is 0.899. The Morgan fingerprint density at radius 1 is 1.39 bits per heavy atom. The summed E-state index contributed by atoms with van der Waals surface area (Å²) in [5.74, 6) is 0.479. The zero-order valence-electron chi connectivity index (χ0n) is 11.1. The number of aromatic nitrogens is 2. The summed E-state index contributed by atoms with van der Waals surface area (Å²) in [5, 5.41) is 4.39. The van der Waals surface area contributed by atoms with Gasteiger partial charge in [0.15, 0.2) is 0 Å². The SMILES string of the molecule is CNCc1sc(Cc2cccnc2)nc1C(C)C. The minimum Gasteiger partial charge on any atom is -0.315 e. The van der Waals surface area contributed by atoms with Crippen LogP contribution in [0.5, 0.6) is 0 Å². The predicted molar refractivity (Wildman–Crippen MR) is 76.0 cm³/mol. The van der Waals surface area contributed by atoms with Gasteiger partial charge in [0.1, 0.15) is 0 Å². The summed E-state index contributed by atoms with van der Waals surface area (Å²) < 4.78 is 0. The van der Waals surface area contributed by atoms with Gasteiger partial charge in [0.05, 0.1) is 10.7 Å². The van der Waals surface area contributed by atoms with Crippen molar-refractivity contribution in [3.63, 3.8) is 0 Å². The van der Waals surface area contributed by atoms with Crippen LogP contribution in [0.4, 0.5) is 0 Å². The van der Waals surface area contributed by atoms with Crippen molar-refractivity contribution in [3.8, 4) is 0 Å². The first-order chi connectivity index (χ1) is 8.70. The van der Waals surface area contributed by atoms with Crippen molar-refractivity contribution in [2.24, 2.45) is 0 Å². The van der Waals surface area contributed by atoms with Crippen molar-refractivity contribution in [1.82, 2.24) is 15.3 Å². The van der Waals surface area contributed by atoms with Gasteiger partial charge in [0.2, 0.25) is 0 Å².